The van der Waals surface area contributed by atoms with Gasteiger partial charge >= 0.3 is 0 Å². The van der Waals surface area contributed by atoms with Gasteiger partial charge in [0.15, 0.2) is 6.10 Å². The van der Waals surface area contributed by atoms with Crippen molar-refractivity contribution in [3.8, 4) is 0 Å². The van der Waals surface area contributed by atoms with E-state index in [-0.39, 0.29) is 24.0 Å². The summed E-state index contributed by atoms with van der Waals surface area (Å²) in [6.07, 6.45) is -0.952. The van der Waals surface area contributed by atoms with Crippen LogP contribution in [0.25, 0.3) is 0 Å². The first-order valence-corrected chi connectivity index (χ1v) is 10.2. The minimum absolute atomic E-state index is 0.0463. The molecule has 2 saturated heterocycles. The van der Waals surface area contributed by atoms with Crippen molar-refractivity contribution < 1.29 is 19.3 Å². The predicted molar refractivity (Wildman–Crippen MR) is 115 cm³/mol. The van der Waals surface area contributed by atoms with E-state index >= 15 is 0 Å². The number of rotatable bonds is 5. The number of likely N-dealkylation sites (tertiary alicyclic amines) is 1. The van der Waals surface area contributed by atoms with E-state index < -0.39 is 23.0 Å². The number of carbonyl (C=O) groups excluding carboxylic acids is 2. The van der Waals surface area contributed by atoms with Crippen LogP contribution in [0.3, 0.4) is 0 Å². The molecule has 2 aliphatic rings. The lowest BCUT2D eigenvalue weighted by molar-refractivity contribution is -0.384. The summed E-state index contributed by atoms with van der Waals surface area (Å²) in [7, 11) is 0. The summed E-state index contributed by atoms with van der Waals surface area (Å²) in [4.78, 5) is 44.5. The largest absolute Gasteiger partial charge is 0.275 e. The van der Waals surface area contributed by atoms with E-state index in [1.165, 1.54) is 17.0 Å². The molecule has 0 spiro atoms. The molecule has 0 aliphatic carbocycles. The van der Waals surface area contributed by atoms with Crippen LogP contribution in [0.4, 0.5) is 11.4 Å². The number of nitrogens with zero attached hydrogens (tertiary/aromatic N) is 3. The second-order valence-electron chi connectivity index (χ2n) is 7.75. The molecule has 3 atom stereocenters. The average molecular weight is 429 g/mol. The van der Waals surface area contributed by atoms with Crippen LogP contribution < -0.4 is 5.06 Å². The Labute approximate surface area is 183 Å². The van der Waals surface area contributed by atoms with Gasteiger partial charge in [-0.3, -0.25) is 29.4 Å². The Morgan fingerprint density at radius 2 is 1.47 bits per heavy atom. The molecule has 32 heavy (non-hydrogen) atoms. The number of nitro benzene ring substituents is 1. The van der Waals surface area contributed by atoms with Gasteiger partial charge in [-0.15, -0.1) is 0 Å². The number of para-hydroxylation sites is 1. The van der Waals surface area contributed by atoms with Crippen LogP contribution in [0.15, 0.2) is 84.9 Å². The van der Waals surface area contributed by atoms with E-state index in [1.54, 1.807) is 17.2 Å². The fourth-order valence-electron chi connectivity index (χ4n) is 4.32. The van der Waals surface area contributed by atoms with Gasteiger partial charge in [-0.2, -0.15) is 0 Å². The minimum Gasteiger partial charge on any atom is -0.275 e. The molecule has 0 unspecified atom stereocenters. The van der Waals surface area contributed by atoms with E-state index in [4.69, 9.17) is 4.84 Å². The summed E-state index contributed by atoms with van der Waals surface area (Å²) >= 11 is 0. The van der Waals surface area contributed by atoms with Gasteiger partial charge in [0.05, 0.1) is 23.2 Å². The number of hydrogen-bond acceptors (Lipinski definition) is 6. The molecule has 3 aromatic rings. The molecule has 2 fully saturated rings. The van der Waals surface area contributed by atoms with Gasteiger partial charge in [-0.1, -0.05) is 60.7 Å². The van der Waals surface area contributed by atoms with Crippen LogP contribution >= 0.6 is 0 Å². The Kier molecular flexibility index (Phi) is 4.91. The number of benzene rings is 3. The Bertz CT molecular complexity index is 1170. The molecule has 8 heteroatoms. The van der Waals surface area contributed by atoms with Crippen molar-refractivity contribution in [3.63, 3.8) is 0 Å². The molecule has 0 radical (unpaired) electrons. The van der Waals surface area contributed by atoms with Crippen LogP contribution in [0, 0.1) is 16.0 Å². The molecule has 3 aromatic carbocycles. The summed E-state index contributed by atoms with van der Waals surface area (Å²) < 4.78 is 0. The second kappa shape index (κ2) is 7.90. The van der Waals surface area contributed by atoms with Crippen molar-refractivity contribution in [2.45, 2.75) is 18.7 Å². The third-order valence-corrected chi connectivity index (χ3v) is 5.85. The lowest BCUT2D eigenvalue weighted by Gasteiger charge is -2.28. The highest BCUT2D eigenvalue weighted by atomic mass is 16.7. The van der Waals surface area contributed by atoms with Crippen molar-refractivity contribution in [3.05, 3.63) is 106 Å². The molecule has 0 bridgehead atoms. The first-order valence-electron chi connectivity index (χ1n) is 10.2. The lowest BCUT2D eigenvalue weighted by atomic mass is 9.90. The average Bonchev–Trinajstić information content (AvgIpc) is 3.32. The number of non-ortho nitro benzene ring substituents is 1. The monoisotopic (exact) mass is 429 g/mol. The molecule has 0 aromatic heterocycles. The topological polar surface area (TPSA) is 93.0 Å². The fourth-order valence-corrected chi connectivity index (χ4v) is 4.32. The highest BCUT2D eigenvalue weighted by molar-refractivity contribution is 6.07. The quantitative estimate of drug-likeness (QED) is 0.349. The normalized spacial score (nSPS) is 22.3. The van der Waals surface area contributed by atoms with E-state index in [0.717, 1.165) is 5.56 Å². The third kappa shape index (κ3) is 3.30. The number of hydrogen-bond donors (Lipinski definition) is 0. The van der Waals surface area contributed by atoms with Crippen molar-refractivity contribution in [2.24, 2.45) is 5.92 Å². The lowest BCUT2D eigenvalue weighted by Crippen LogP contribution is -2.36. The number of nitro groups is 1. The maximum Gasteiger partial charge on any atom is 0.269 e. The van der Waals surface area contributed by atoms with Crippen LogP contribution in [-0.2, 0) is 21.0 Å². The van der Waals surface area contributed by atoms with Crippen molar-refractivity contribution >= 4 is 23.2 Å². The zero-order chi connectivity index (χ0) is 22.2. The molecule has 5 rings (SSSR count). The smallest absolute Gasteiger partial charge is 0.269 e. The van der Waals surface area contributed by atoms with Gasteiger partial charge < -0.3 is 0 Å². The van der Waals surface area contributed by atoms with Crippen LogP contribution in [-0.4, -0.2) is 27.7 Å². The summed E-state index contributed by atoms with van der Waals surface area (Å²) in [5.74, 6) is -1.45. The maximum atomic E-state index is 13.4. The zero-order valence-electron chi connectivity index (χ0n) is 16.9. The Morgan fingerprint density at radius 3 is 2.09 bits per heavy atom. The van der Waals surface area contributed by atoms with E-state index in [2.05, 4.69) is 0 Å². The zero-order valence-corrected chi connectivity index (χ0v) is 16.9. The van der Waals surface area contributed by atoms with Crippen LogP contribution in [0.1, 0.15) is 17.2 Å². The van der Waals surface area contributed by atoms with Gasteiger partial charge in [-0.05, 0) is 23.3 Å². The van der Waals surface area contributed by atoms with Gasteiger partial charge in [0.25, 0.3) is 11.6 Å². The van der Waals surface area contributed by atoms with E-state index in [1.807, 2.05) is 60.7 Å². The third-order valence-electron chi connectivity index (χ3n) is 5.85. The maximum absolute atomic E-state index is 13.4. The molecule has 2 amide bonds. The molecule has 2 aliphatic heterocycles. The Morgan fingerprint density at radius 1 is 0.844 bits per heavy atom. The summed E-state index contributed by atoms with van der Waals surface area (Å²) in [6, 6.07) is 23.9. The first kappa shape index (κ1) is 19.9. The SMILES string of the molecule is O=C1[C@@H]2[C@H](ON(c3ccccc3)[C@H]2c2ccc([N+](=O)[O-])cc2)C(=O)N1Cc1ccccc1. The number of fused-ring (bicyclic) bond motifs is 1. The molecule has 160 valence electrons. The molecule has 0 N–H and O–H groups in total. The van der Waals surface area contributed by atoms with Gasteiger partial charge in [0, 0.05) is 12.1 Å². The molecule has 2 heterocycles. The van der Waals surface area contributed by atoms with Crippen LogP contribution in [0.2, 0.25) is 0 Å². The predicted octanol–water partition coefficient (Wildman–Crippen LogP) is 3.64. The van der Waals surface area contributed by atoms with Gasteiger partial charge in [0.2, 0.25) is 5.91 Å². The Balaban J connectivity index is 1.52. The summed E-state index contributed by atoms with van der Waals surface area (Å²) in [5.41, 5.74) is 2.16. The second-order valence-corrected chi connectivity index (χ2v) is 7.75. The standard InChI is InChI=1S/C24H19N3O5/c28-23-20-21(17-11-13-19(14-12-17)27(30)31)26(18-9-5-2-6-10-18)32-22(20)24(29)25(23)15-16-7-3-1-4-8-16/h1-14,20-22H,15H2/t20-,21-,22-/m0/s1. The van der Waals surface area contributed by atoms with Crippen molar-refractivity contribution in [2.75, 3.05) is 5.06 Å². The molecular formula is C24H19N3O5. The number of carbonyl (C=O) groups is 2. The van der Waals surface area contributed by atoms with Gasteiger partial charge in [-0.25, -0.2) is 5.06 Å². The molecular weight excluding hydrogens is 410 g/mol. The number of hydroxylamine groups is 1. The van der Waals surface area contributed by atoms with Crippen LogP contribution in [0.5, 0.6) is 0 Å². The fraction of sp³-hybridized carbons (Fsp3) is 0.167. The van der Waals surface area contributed by atoms with Crippen molar-refractivity contribution in [1.82, 2.24) is 4.90 Å². The highest BCUT2D eigenvalue weighted by Gasteiger charge is 2.59. The Hall–Kier alpha value is -4.04. The minimum atomic E-state index is -0.952. The first-order chi connectivity index (χ1) is 15.5. The van der Waals surface area contributed by atoms with Gasteiger partial charge in [0.1, 0.15) is 5.92 Å². The molecule has 0 saturated carbocycles. The van der Waals surface area contributed by atoms with E-state index in [9.17, 15) is 19.7 Å². The van der Waals surface area contributed by atoms with E-state index in [0.29, 0.717) is 11.3 Å². The highest BCUT2D eigenvalue weighted by Crippen LogP contribution is 2.47. The molecule has 8 nitrogen and oxygen atoms in total. The number of imide groups is 1. The summed E-state index contributed by atoms with van der Waals surface area (Å²) in [6.45, 7) is 0.174. The summed E-state index contributed by atoms with van der Waals surface area (Å²) in [5, 5.41) is 12.7. The number of amides is 2. The number of anilines is 1. The van der Waals surface area contributed by atoms with Crippen molar-refractivity contribution in [1.29, 1.82) is 0 Å².